The highest BCUT2D eigenvalue weighted by Gasteiger charge is 2.30. The quantitative estimate of drug-likeness (QED) is 0.383. The Labute approximate surface area is 194 Å². The van der Waals surface area contributed by atoms with Crippen molar-refractivity contribution in [1.82, 2.24) is 25.1 Å². The number of aliphatic hydroxyl groups excluding tert-OH is 1. The van der Waals surface area contributed by atoms with E-state index in [9.17, 15) is 4.79 Å². The van der Waals surface area contributed by atoms with Gasteiger partial charge in [-0.05, 0) is 37.8 Å². The second-order valence-electron chi connectivity index (χ2n) is 8.19. The van der Waals surface area contributed by atoms with Gasteiger partial charge >= 0.3 is 0 Å². The van der Waals surface area contributed by atoms with Gasteiger partial charge in [-0.2, -0.15) is 5.10 Å². The summed E-state index contributed by atoms with van der Waals surface area (Å²) in [5.74, 6) is 1.48. The van der Waals surface area contributed by atoms with Crippen LogP contribution < -0.4 is 10.1 Å². The molecular formula is C23H26N6O3S. The molecule has 0 aliphatic heterocycles. The minimum atomic E-state index is -0.0699. The first-order valence-corrected chi connectivity index (χ1v) is 11.9. The number of aryl methyl sites for hydroxylation is 1. The van der Waals surface area contributed by atoms with Gasteiger partial charge in [-0.15, -0.1) is 11.3 Å². The number of thiophene rings is 1. The number of aromatic amines is 1. The van der Waals surface area contributed by atoms with Gasteiger partial charge in [-0.1, -0.05) is 0 Å². The van der Waals surface area contributed by atoms with Gasteiger partial charge in [0.25, 0.3) is 0 Å². The van der Waals surface area contributed by atoms with E-state index in [4.69, 9.17) is 9.84 Å². The van der Waals surface area contributed by atoms with Crippen molar-refractivity contribution in [2.24, 2.45) is 5.92 Å². The molecule has 0 radical (unpaired) electrons. The highest BCUT2D eigenvalue weighted by Crippen LogP contribution is 2.41. The molecule has 9 nitrogen and oxygen atoms in total. The van der Waals surface area contributed by atoms with Crippen LogP contribution in [0.1, 0.15) is 23.8 Å². The van der Waals surface area contributed by atoms with E-state index in [2.05, 4.69) is 25.5 Å². The summed E-state index contributed by atoms with van der Waals surface area (Å²) in [5.41, 5.74) is 2.95. The minimum absolute atomic E-state index is 0.0257. The van der Waals surface area contributed by atoms with Crippen LogP contribution in [0.15, 0.2) is 24.7 Å². The van der Waals surface area contributed by atoms with Crippen molar-refractivity contribution in [3.8, 4) is 5.75 Å². The van der Waals surface area contributed by atoms with Crippen LogP contribution >= 0.6 is 11.3 Å². The Morgan fingerprint density at radius 1 is 1.39 bits per heavy atom. The van der Waals surface area contributed by atoms with Crippen LogP contribution in [0.25, 0.3) is 21.1 Å². The van der Waals surface area contributed by atoms with Gasteiger partial charge in [0.05, 0.1) is 36.0 Å². The first kappa shape index (κ1) is 21.6. The third kappa shape index (κ3) is 4.00. The highest BCUT2D eigenvalue weighted by atomic mass is 32.1. The fraction of sp³-hybridized carbons (Fsp3) is 0.391. The summed E-state index contributed by atoms with van der Waals surface area (Å²) in [6.07, 6.45) is 5.60. The number of carbonyl (C=O) groups excluding carboxylic acids is 1. The van der Waals surface area contributed by atoms with Crippen molar-refractivity contribution in [3.63, 3.8) is 0 Å². The van der Waals surface area contributed by atoms with Crippen molar-refractivity contribution in [2.45, 2.75) is 26.2 Å². The fourth-order valence-corrected chi connectivity index (χ4v) is 5.73. The number of carbonyl (C=O) groups is 1. The Balaban J connectivity index is 1.49. The van der Waals surface area contributed by atoms with E-state index in [-0.39, 0.29) is 18.4 Å². The van der Waals surface area contributed by atoms with E-state index in [0.29, 0.717) is 19.6 Å². The molecule has 10 heteroatoms. The molecule has 1 amide bonds. The molecule has 3 aromatic heterocycles. The lowest BCUT2D eigenvalue weighted by Gasteiger charge is -2.26. The summed E-state index contributed by atoms with van der Waals surface area (Å²) in [5, 5.41) is 21.7. The molecule has 0 bridgehead atoms. The molecule has 0 spiro atoms. The Hall–Kier alpha value is -3.24. The smallest absolute Gasteiger partial charge is 0.225 e. The summed E-state index contributed by atoms with van der Waals surface area (Å²) in [4.78, 5) is 25.6. The molecule has 3 heterocycles. The average Bonchev–Trinajstić information content (AvgIpc) is 3.42. The third-order valence-corrected chi connectivity index (χ3v) is 7.26. The number of benzene rings is 1. The number of rotatable bonds is 7. The van der Waals surface area contributed by atoms with E-state index in [1.807, 2.05) is 19.1 Å². The molecule has 4 aromatic rings. The molecule has 5 rings (SSSR count). The third-order valence-electron chi connectivity index (χ3n) is 6.10. The number of aliphatic hydroxyl groups is 1. The van der Waals surface area contributed by atoms with Crippen LogP contribution in [0.4, 0.5) is 11.5 Å². The number of amides is 1. The zero-order valence-corrected chi connectivity index (χ0v) is 19.4. The second-order valence-corrected chi connectivity index (χ2v) is 9.28. The minimum Gasteiger partial charge on any atom is -0.492 e. The molecule has 0 fully saturated rings. The topological polar surface area (TPSA) is 116 Å². The number of nitrogens with one attached hydrogen (secondary N) is 2. The lowest BCUT2D eigenvalue weighted by molar-refractivity contribution is -0.135. The molecular weight excluding hydrogens is 440 g/mol. The number of aromatic nitrogens is 4. The lowest BCUT2D eigenvalue weighted by atomic mass is 9.87. The van der Waals surface area contributed by atoms with E-state index >= 15 is 0 Å². The summed E-state index contributed by atoms with van der Waals surface area (Å²) >= 11 is 1.63. The maximum atomic E-state index is 12.8. The molecule has 0 unspecified atom stereocenters. The maximum Gasteiger partial charge on any atom is 0.225 e. The Kier molecular flexibility index (Phi) is 5.86. The van der Waals surface area contributed by atoms with Crippen molar-refractivity contribution in [3.05, 3.63) is 35.1 Å². The predicted octanol–water partition coefficient (Wildman–Crippen LogP) is 3.27. The summed E-state index contributed by atoms with van der Waals surface area (Å²) in [7, 11) is 1.75. The molecule has 1 aromatic carbocycles. The summed E-state index contributed by atoms with van der Waals surface area (Å²) < 4.78 is 5.86. The van der Waals surface area contributed by atoms with Crippen LogP contribution in [0.2, 0.25) is 0 Å². The largest absolute Gasteiger partial charge is 0.492 e. The Bertz CT molecular complexity index is 1320. The van der Waals surface area contributed by atoms with Crippen molar-refractivity contribution < 1.29 is 14.6 Å². The predicted molar refractivity (Wildman–Crippen MR) is 128 cm³/mol. The number of likely N-dealkylation sites (N-methyl/N-ethyl adjacent to an activating group) is 1. The summed E-state index contributed by atoms with van der Waals surface area (Å²) in [6.45, 7) is 2.83. The van der Waals surface area contributed by atoms with Gasteiger partial charge in [0.2, 0.25) is 5.91 Å². The standard InChI is InChI=1S/C23H26N6O3S/c1-3-32-18-10-16-14(11-26-28-16)8-17(18)27-21-20-15-5-4-13(23(31)29(2)6-7-30)9-19(15)33-22(20)25-12-24-21/h8,10-13,30H,3-7,9H2,1-2H3,(H,26,28)(H,24,25,27)/t13-/m0/s1. The van der Waals surface area contributed by atoms with Gasteiger partial charge in [0.15, 0.2) is 0 Å². The van der Waals surface area contributed by atoms with Crippen LogP contribution in [-0.2, 0) is 17.6 Å². The van der Waals surface area contributed by atoms with E-state index in [1.54, 1.807) is 35.8 Å². The SMILES string of the molecule is CCOc1cc2[nH]ncc2cc1Nc1ncnc2sc3c(c12)CC[C@H](C(=O)N(C)CCO)C3. The molecule has 33 heavy (non-hydrogen) atoms. The normalized spacial score (nSPS) is 15.5. The van der Waals surface area contributed by atoms with E-state index in [0.717, 1.165) is 51.2 Å². The number of nitrogens with zero attached hydrogens (tertiary/aromatic N) is 4. The monoisotopic (exact) mass is 466 g/mol. The second kappa shape index (κ2) is 8.95. The molecule has 0 saturated carbocycles. The van der Waals surface area contributed by atoms with Gasteiger partial charge < -0.3 is 20.1 Å². The Morgan fingerprint density at radius 3 is 3.09 bits per heavy atom. The molecule has 1 aliphatic carbocycles. The van der Waals surface area contributed by atoms with Gasteiger partial charge in [-0.3, -0.25) is 9.89 Å². The number of hydrogen-bond acceptors (Lipinski definition) is 8. The average molecular weight is 467 g/mol. The van der Waals surface area contributed by atoms with Crippen LogP contribution in [0, 0.1) is 5.92 Å². The molecule has 1 aliphatic rings. The van der Waals surface area contributed by atoms with Crippen molar-refractivity contribution in [2.75, 3.05) is 32.1 Å². The first-order valence-electron chi connectivity index (χ1n) is 11.1. The van der Waals surface area contributed by atoms with Crippen LogP contribution in [0.5, 0.6) is 5.75 Å². The van der Waals surface area contributed by atoms with Crippen LogP contribution in [-0.4, -0.2) is 62.9 Å². The fourth-order valence-electron chi connectivity index (χ4n) is 4.46. The van der Waals surface area contributed by atoms with Crippen LogP contribution in [0.3, 0.4) is 0 Å². The lowest BCUT2D eigenvalue weighted by Crippen LogP contribution is -2.37. The van der Waals surface area contributed by atoms with E-state index in [1.165, 1.54) is 10.4 Å². The number of hydrogen-bond donors (Lipinski definition) is 3. The zero-order chi connectivity index (χ0) is 22.9. The van der Waals surface area contributed by atoms with Gasteiger partial charge in [0.1, 0.15) is 22.7 Å². The maximum absolute atomic E-state index is 12.8. The number of anilines is 2. The first-order chi connectivity index (χ1) is 16.1. The molecule has 3 N–H and O–H groups in total. The number of fused-ring (bicyclic) bond motifs is 4. The van der Waals surface area contributed by atoms with Gasteiger partial charge in [0, 0.05) is 35.8 Å². The number of H-pyrrole nitrogens is 1. The molecule has 0 saturated heterocycles. The Morgan fingerprint density at radius 2 is 2.27 bits per heavy atom. The van der Waals surface area contributed by atoms with Gasteiger partial charge in [-0.25, -0.2) is 9.97 Å². The number of ether oxygens (including phenoxy) is 1. The zero-order valence-electron chi connectivity index (χ0n) is 18.6. The van der Waals surface area contributed by atoms with E-state index < -0.39 is 0 Å². The summed E-state index contributed by atoms with van der Waals surface area (Å²) in [6, 6.07) is 3.94. The highest BCUT2D eigenvalue weighted by molar-refractivity contribution is 7.19. The molecule has 172 valence electrons. The molecule has 1 atom stereocenters. The van der Waals surface area contributed by atoms with Crippen molar-refractivity contribution >= 4 is 49.9 Å². The van der Waals surface area contributed by atoms with Crippen molar-refractivity contribution in [1.29, 1.82) is 0 Å².